The second-order valence-corrected chi connectivity index (χ2v) is 4.65. The second kappa shape index (κ2) is 3.95. The molecule has 0 atom stereocenters. The molecule has 1 heterocycles. The molecule has 0 saturated heterocycles. The van der Waals surface area contributed by atoms with Crippen LogP contribution in [0, 0.1) is 0 Å². The topological polar surface area (TPSA) is 22.0 Å². The van der Waals surface area contributed by atoms with Crippen molar-refractivity contribution in [1.29, 1.82) is 0 Å². The van der Waals surface area contributed by atoms with Crippen molar-refractivity contribution >= 4 is 28.8 Å². The van der Waals surface area contributed by atoms with E-state index in [0.29, 0.717) is 16.5 Å². The quantitative estimate of drug-likeness (QED) is 0.727. The number of rotatable bonds is 2. The van der Waals surface area contributed by atoms with E-state index in [1.54, 1.807) is 6.07 Å². The average molecular weight is 236 g/mol. The highest BCUT2D eigenvalue weighted by atomic mass is 35.5. The minimum atomic E-state index is 0.337. The number of aldehydes is 1. The number of benzene rings is 1. The number of halogens is 1. The molecule has 1 aromatic heterocycles. The maximum Gasteiger partial charge on any atom is 0.150 e. The summed E-state index contributed by atoms with van der Waals surface area (Å²) in [7, 11) is 1.98. The van der Waals surface area contributed by atoms with Crippen LogP contribution in [0.2, 0.25) is 5.02 Å². The van der Waals surface area contributed by atoms with Gasteiger partial charge in [-0.3, -0.25) is 4.79 Å². The van der Waals surface area contributed by atoms with Crippen molar-refractivity contribution in [3.8, 4) is 0 Å². The summed E-state index contributed by atoms with van der Waals surface area (Å²) in [6.07, 6.45) is 0.859. The van der Waals surface area contributed by atoms with Crippen LogP contribution in [0.4, 0.5) is 0 Å². The van der Waals surface area contributed by atoms with E-state index >= 15 is 0 Å². The predicted octanol–water partition coefficient (Wildman–Crippen LogP) is 3.77. The van der Waals surface area contributed by atoms with Gasteiger partial charge >= 0.3 is 0 Å². The monoisotopic (exact) mass is 235 g/mol. The molecule has 0 spiro atoms. The van der Waals surface area contributed by atoms with Gasteiger partial charge in [-0.15, -0.1) is 0 Å². The van der Waals surface area contributed by atoms with Gasteiger partial charge in [0.2, 0.25) is 0 Å². The fourth-order valence-electron chi connectivity index (χ4n) is 2.22. The predicted molar refractivity (Wildman–Crippen MR) is 67.4 cm³/mol. The lowest BCUT2D eigenvalue weighted by Crippen LogP contribution is -1.98. The molecular formula is C13H14ClNO. The molecule has 1 aromatic carbocycles. The Morgan fingerprint density at radius 3 is 2.62 bits per heavy atom. The Labute approximate surface area is 99.8 Å². The molecule has 0 bridgehead atoms. The summed E-state index contributed by atoms with van der Waals surface area (Å²) in [4.78, 5) is 11.0. The zero-order valence-corrected chi connectivity index (χ0v) is 10.4. The van der Waals surface area contributed by atoms with Crippen LogP contribution in [0.3, 0.4) is 0 Å². The first kappa shape index (κ1) is 11.2. The molecule has 0 aliphatic carbocycles. The Kier molecular flexibility index (Phi) is 2.76. The molecule has 0 saturated carbocycles. The zero-order valence-electron chi connectivity index (χ0n) is 9.62. The molecule has 2 nitrogen and oxygen atoms in total. The number of hydrogen-bond donors (Lipinski definition) is 0. The Morgan fingerprint density at radius 2 is 2.06 bits per heavy atom. The van der Waals surface area contributed by atoms with Crippen molar-refractivity contribution in [2.45, 2.75) is 19.8 Å². The van der Waals surface area contributed by atoms with Gasteiger partial charge in [0.25, 0.3) is 0 Å². The lowest BCUT2D eigenvalue weighted by molar-refractivity contribution is 0.112. The Bertz CT molecular complexity index is 555. The molecule has 2 rings (SSSR count). The molecule has 0 fully saturated rings. The summed E-state index contributed by atoms with van der Waals surface area (Å²) in [5.74, 6) is 0.337. The molecule has 0 unspecified atom stereocenters. The van der Waals surface area contributed by atoms with Crippen LogP contribution in [-0.4, -0.2) is 10.9 Å². The summed E-state index contributed by atoms with van der Waals surface area (Å²) in [5, 5.41) is 1.57. The zero-order chi connectivity index (χ0) is 11.9. The number of nitrogens with zero attached hydrogens (tertiary/aromatic N) is 1. The standard InChI is InChI=1S/C13H14ClNO/c1-8(2)13-12(14)11-9(7-16)5-4-6-10(11)15(13)3/h4-8H,1-3H3. The fraction of sp³-hybridized carbons (Fsp3) is 0.308. The average Bonchev–Trinajstić information content (AvgIpc) is 2.51. The summed E-state index contributed by atoms with van der Waals surface area (Å²) in [6.45, 7) is 4.20. The van der Waals surface area contributed by atoms with Gasteiger partial charge in [0.1, 0.15) is 0 Å². The molecule has 16 heavy (non-hydrogen) atoms. The molecule has 2 aromatic rings. The van der Waals surface area contributed by atoms with E-state index < -0.39 is 0 Å². The molecular weight excluding hydrogens is 222 g/mol. The van der Waals surface area contributed by atoms with E-state index in [0.717, 1.165) is 22.9 Å². The van der Waals surface area contributed by atoms with Gasteiger partial charge in [0.05, 0.1) is 10.5 Å². The van der Waals surface area contributed by atoms with Gasteiger partial charge in [0.15, 0.2) is 6.29 Å². The summed E-state index contributed by atoms with van der Waals surface area (Å²) < 4.78 is 2.06. The molecule has 0 aliphatic heterocycles. The smallest absolute Gasteiger partial charge is 0.150 e. The first-order valence-electron chi connectivity index (χ1n) is 5.30. The van der Waals surface area contributed by atoms with Crippen molar-refractivity contribution < 1.29 is 4.79 Å². The highest BCUT2D eigenvalue weighted by Crippen LogP contribution is 2.35. The van der Waals surface area contributed by atoms with Gasteiger partial charge in [-0.2, -0.15) is 0 Å². The summed E-state index contributed by atoms with van der Waals surface area (Å²) in [5.41, 5.74) is 2.74. The van der Waals surface area contributed by atoms with Gasteiger partial charge in [-0.05, 0) is 12.0 Å². The maximum absolute atomic E-state index is 11.0. The third-order valence-electron chi connectivity index (χ3n) is 2.92. The van der Waals surface area contributed by atoms with Crippen LogP contribution in [0.25, 0.3) is 10.9 Å². The minimum Gasteiger partial charge on any atom is -0.346 e. The third-order valence-corrected chi connectivity index (χ3v) is 3.30. The van der Waals surface area contributed by atoms with Crippen molar-refractivity contribution in [2.24, 2.45) is 7.05 Å². The van der Waals surface area contributed by atoms with Crippen molar-refractivity contribution in [3.05, 3.63) is 34.5 Å². The highest BCUT2D eigenvalue weighted by Gasteiger charge is 2.17. The van der Waals surface area contributed by atoms with Crippen molar-refractivity contribution in [1.82, 2.24) is 4.57 Å². The Morgan fingerprint density at radius 1 is 1.38 bits per heavy atom. The number of hydrogen-bond acceptors (Lipinski definition) is 1. The van der Waals surface area contributed by atoms with Crippen LogP contribution in [-0.2, 0) is 7.05 Å². The minimum absolute atomic E-state index is 0.337. The van der Waals surface area contributed by atoms with Gasteiger partial charge in [-0.1, -0.05) is 37.6 Å². The fourth-order valence-corrected chi connectivity index (χ4v) is 2.77. The number of carbonyl (C=O) groups excluding carboxylic acids is 1. The van der Waals surface area contributed by atoms with Crippen molar-refractivity contribution in [2.75, 3.05) is 0 Å². The number of aromatic nitrogens is 1. The highest BCUT2D eigenvalue weighted by molar-refractivity contribution is 6.37. The Balaban J connectivity index is 2.93. The largest absolute Gasteiger partial charge is 0.346 e. The third kappa shape index (κ3) is 1.45. The Hall–Kier alpha value is -1.28. The first-order chi connectivity index (χ1) is 7.57. The molecule has 3 heteroatoms. The van der Waals surface area contributed by atoms with Gasteiger partial charge in [-0.25, -0.2) is 0 Å². The van der Waals surface area contributed by atoms with E-state index in [-0.39, 0.29) is 0 Å². The second-order valence-electron chi connectivity index (χ2n) is 4.27. The molecule has 0 radical (unpaired) electrons. The van der Waals surface area contributed by atoms with E-state index in [4.69, 9.17) is 11.6 Å². The van der Waals surface area contributed by atoms with E-state index in [2.05, 4.69) is 18.4 Å². The van der Waals surface area contributed by atoms with E-state index in [9.17, 15) is 4.79 Å². The van der Waals surface area contributed by atoms with Crippen LogP contribution in [0.5, 0.6) is 0 Å². The van der Waals surface area contributed by atoms with Gasteiger partial charge in [0, 0.05) is 23.7 Å². The molecule has 0 N–H and O–H groups in total. The lowest BCUT2D eigenvalue weighted by atomic mass is 10.1. The van der Waals surface area contributed by atoms with Crippen molar-refractivity contribution in [3.63, 3.8) is 0 Å². The number of carbonyl (C=O) groups is 1. The first-order valence-corrected chi connectivity index (χ1v) is 5.67. The van der Waals surface area contributed by atoms with Crippen LogP contribution in [0.15, 0.2) is 18.2 Å². The molecule has 0 aliphatic rings. The molecule has 84 valence electrons. The maximum atomic E-state index is 11.0. The normalized spacial score (nSPS) is 11.3. The van der Waals surface area contributed by atoms with Crippen LogP contribution < -0.4 is 0 Å². The number of fused-ring (bicyclic) bond motifs is 1. The summed E-state index contributed by atoms with van der Waals surface area (Å²) >= 11 is 6.36. The SMILES string of the molecule is CC(C)c1c(Cl)c2c(C=O)cccc2n1C. The van der Waals surface area contributed by atoms with Crippen LogP contribution >= 0.6 is 11.6 Å². The van der Waals surface area contributed by atoms with E-state index in [1.165, 1.54) is 0 Å². The van der Waals surface area contributed by atoms with E-state index in [1.807, 2.05) is 19.2 Å². The summed E-state index contributed by atoms with van der Waals surface area (Å²) in [6, 6.07) is 5.66. The lowest BCUT2D eigenvalue weighted by Gasteiger charge is -2.07. The molecule has 0 amide bonds. The van der Waals surface area contributed by atoms with Crippen LogP contribution in [0.1, 0.15) is 35.8 Å². The number of aryl methyl sites for hydroxylation is 1. The van der Waals surface area contributed by atoms with Gasteiger partial charge < -0.3 is 4.57 Å².